The molecule has 1 atom stereocenters. The highest BCUT2D eigenvalue weighted by molar-refractivity contribution is 7.11. The first-order valence-corrected chi connectivity index (χ1v) is 8.68. The fourth-order valence-corrected chi connectivity index (χ4v) is 3.89. The number of hydrogen-bond donors (Lipinski definition) is 1. The molecule has 1 aliphatic rings. The van der Waals surface area contributed by atoms with Crippen molar-refractivity contribution in [3.8, 4) is 0 Å². The quantitative estimate of drug-likeness (QED) is 0.875. The molecule has 1 fully saturated rings. The van der Waals surface area contributed by atoms with E-state index in [-0.39, 0.29) is 0 Å². The van der Waals surface area contributed by atoms with Gasteiger partial charge >= 0.3 is 0 Å². The average Bonchev–Trinajstić information content (AvgIpc) is 3.16. The van der Waals surface area contributed by atoms with Crippen LogP contribution in [-0.2, 0) is 6.54 Å². The normalized spacial score (nSPS) is 18.0. The molecule has 0 aliphatic carbocycles. The zero-order valence-corrected chi connectivity index (χ0v) is 13.5. The molecule has 0 radical (unpaired) electrons. The van der Waals surface area contributed by atoms with Crippen molar-refractivity contribution >= 4 is 11.3 Å². The van der Waals surface area contributed by atoms with Crippen LogP contribution < -0.4 is 5.32 Å². The Morgan fingerprint density at radius 2 is 2.10 bits per heavy atom. The van der Waals surface area contributed by atoms with Gasteiger partial charge in [0.1, 0.15) is 5.76 Å². The third-order valence-corrected chi connectivity index (χ3v) is 5.14. The summed E-state index contributed by atoms with van der Waals surface area (Å²) < 4.78 is 5.68. The van der Waals surface area contributed by atoms with Crippen LogP contribution in [0.1, 0.15) is 40.8 Å². The first-order chi connectivity index (χ1) is 10.3. The summed E-state index contributed by atoms with van der Waals surface area (Å²) >= 11 is 1.87. The lowest BCUT2D eigenvalue weighted by molar-refractivity contribution is 0.142. The largest absolute Gasteiger partial charge is 0.468 e. The molecular weight excluding hydrogens is 280 g/mol. The standard InChI is InChI=1S/C17H24N2OS/c1-14-7-8-15(21-14)12-18-13-16(17-6-5-11-20-17)19-9-3-2-4-10-19/h5-8,11,16,18H,2-4,9-10,12-13H2,1H3. The second-order valence-corrected chi connectivity index (χ2v) is 7.14. The maximum absolute atomic E-state index is 5.68. The number of thiophene rings is 1. The second-order valence-electron chi connectivity index (χ2n) is 5.77. The third-order valence-electron chi connectivity index (χ3n) is 4.14. The maximum atomic E-state index is 5.68. The fraction of sp³-hybridized carbons (Fsp3) is 0.529. The molecule has 0 amide bonds. The molecule has 1 saturated heterocycles. The van der Waals surface area contributed by atoms with Crippen LogP contribution in [0, 0.1) is 6.92 Å². The van der Waals surface area contributed by atoms with Crippen LogP contribution in [0.5, 0.6) is 0 Å². The third kappa shape index (κ3) is 3.96. The van der Waals surface area contributed by atoms with Gasteiger partial charge in [-0.15, -0.1) is 11.3 Å². The summed E-state index contributed by atoms with van der Waals surface area (Å²) in [6.45, 7) is 6.43. The Labute approximate surface area is 131 Å². The molecule has 0 aromatic carbocycles. The van der Waals surface area contributed by atoms with Gasteiger partial charge in [-0.25, -0.2) is 0 Å². The van der Waals surface area contributed by atoms with Gasteiger partial charge in [0.2, 0.25) is 0 Å². The van der Waals surface area contributed by atoms with Crippen LogP contribution in [0.3, 0.4) is 0 Å². The van der Waals surface area contributed by atoms with Gasteiger partial charge in [-0.05, 0) is 57.1 Å². The second kappa shape index (κ2) is 7.25. The van der Waals surface area contributed by atoms with E-state index in [1.54, 1.807) is 6.26 Å². The Morgan fingerprint density at radius 1 is 1.24 bits per heavy atom. The van der Waals surface area contributed by atoms with Crippen molar-refractivity contribution in [1.82, 2.24) is 10.2 Å². The first-order valence-electron chi connectivity index (χ1n) is 7.86. The monoisotopic (exact) mass is 304 g/mol. The number of likely N-dealkylation sites (tertiary alicyclic amines) is 1. The van der Waals surface area contributed by atoms with Gasteiger partial charge in [0.25, 0.3) is 0 Å². The molecule has 4 heteroatoms. The molecule has 3 rings (SSSR count). The van der Waals surface area contributed by atoms with Crippen molar-refractivity contribution in [2.24, 2.45) is 0 Å². The predicted molar refractivity (Wildman–Crippen MR) is 87.6 cm³/mol. The molecule has 114 valence electrons. The molecule has 21 heavy (non-hydrogen) atoms. The fourth-order valence-electron chi connectivity index (χ4n) is 3.03. The number of nitrogens with zero attached hydrogens (tertiary/aromatic N) is 1. The van der Waals surface area contributed by atoms with Gasteiger partial charge in [0.05, 0.1) is 12.3 Å². The van der Waals surface area contributed by atoms with Gasteiger partial charge in [0, 0.05) is 22.8 Å². The summed E-state index contributed by atoms with van der Waals surface area (Å²) in [5.74, 6) is 1.09. The number of furan rings is 1. The minimum absolute atomic E-state index is 0.362. The zero-order chi connectivity index (χ0) is 14.5. The number of hydrogen-bond acceptors (Lipinski definition) is 4. The molecule has 0 bridgehead atoms. The van der Waals surface area contributed by atoms with Crippen molar-refractivity contribution in [1.29, 1.82) is 0 Å². The van der Waals surface area contributed by atoms with Crippen LogP contribution in [-0.4, -0.2) is 24.5 Å². The van der Waals surface area contributed by atoms with Crippen LogP contribution in [0.2, 0.25) is 0 Å². The smallest absolute Gasteiger partial charge is 0.122 e. The summed E-state index contributed by atoms with van der Waals surface area (Å²) in [6.07, 6.45) is 5.76. The summed E-state index contributed by atoms with van der Waals surface area (Å²) in [5.41, 5.74) is 0. The lowest BCUT2D eigenvalue weighted by Crippen LogP contribution is -2.38. The Morgan fingerprint density at radius 3 is 2.76 bits per heavy atom. The Kier molecular flexibility index (Phi) is 5.12. The summed E-state index contributed by atoms with van der Waals surface area (Å²) in [4.78, 5) is 5.35. The van der Waals surface area contributed by atoms with Crippen LogP contribution in [0.4, 0.5) is 0 Å². The SMILES string of the molecule is Cc1ccc(CNCC(c2ccco2)N2CCCCC2)s1. The summed E-state index contributed by atoms with van der Waals surface area (Å²) in [5, 5.41) is 3.61. The first kappa shape index (κ1) is 14.8. The van der Waals surface area contributed by atoms with Crippen molar-refractivity contribution in [3.05, 3.63) is 46.0 Å². The van der Waals surface area contributed by atoms with E-state index in [0.29, 0.717) is 6.04 Å². The molecule has 0 spiro atoms. The molecule has 2 aromatic heterocycles. The van der Waals surface area contributed by atoms with Gasteiger partial charge in [-0.1, -0.05) is 6.42 Å². The highest BCUT2D eigenvalue weighted by atomic mass is 32.1. The number of aryl methyl sites for hydroxylation is 1. The number of nitrogens with one attached hydrogen (secondary N) is 1. The molecule has 3 nitrogen and oxygen atoms in total. The zero-order valence-electron chi connectivity index (χ0n) is 12.7. The molecule has 2 aromatic rings. The maximum Gasteiger partial charge on any atom is 0.122 e. The van der Waals surface area contributed by atoms with E-state index < -0.39 is 0 Å². The van der Waals surface area contributed by atoms with Crippen molar-refractivity contribution in [2.45, 2.75) is 38.8 Å². The van der Waals surface area contributed by atoms with E-state index in [0.717, 1.165) is 18.8 Å². The molecule has 1 N–H and O–H groups in total. The molecule has 1 aliphatic heterocycles. The number of rotatable bonds is 6. The Hall–Kier alpha value is -1.10. The predicted octanol–water partition coefficient (Wildman–Crippen LogP) is 3.97. The van der Waals surface area contributed by atoms with Crippen LogP contribution >= 0.6 is 11.3 Å². The Balaban J connectivity index is 1.59. The lowest BCUT2D eigenvalue weighted by Gasteiger charge is -2.33. The Bertz CT molecular complexity index is 529. The summed E-state index contributed by atoms with van der Waals surface area (Å²) in [6, 6.07) is 8.87. The topological polar surface area (TPSA) is 28.4 Å². The van der Waals surface area contributed by atoms with Crippen molar-refractivity contribution < 1.29 is 4.42 Å². The van der Waals surface area contributed by atoms with E-state index in [4.69, 9.17) is 4.42 Å². The summed E-state index contributed by atoms with van der Waals surface area (Å²) in [7, 11) is 0. The molecule has 3 heterocycles. The minimum atomic E-state index is 0.362. The van der Waals surface area contributed by atoms with Gasteiger partial charge in [-0.3, -0.25) is 4.90 Å². The average molecular weight is 304 g/mol. The highest BCUT2D eigenvalue weighted by Crippen LogP contribution is 2.24. The van der Waals surface area contributed by atoms with Gasteiger partial charge < -0.3 is 9.73 Å². The minimum Gasteiger partial charge on any atom is -0.468 e. The van der Waals surface area contributed by atoms with Gasteiger partial charge in [0.15, 0.2) is 0 Å². The van der Waals surface area contributed by atoms with Crippen LogP contribution in [0.15, 0.2) is 34.9 Å². The van der Waals surface area contributed by atoms with E-state index in [1.807, 2.05) is 17.4 Å². The molecule has 0 saturated carbocycles. The highest BCUT2D eigenvalue weighted by Gasteiger charge is 2.23. The van der Waals surface area contributed by atoms with Crippen LogP contribution in [0.25, 0.3) is 0 Å². The van der Waals surface area contributed by atoms with E-state index in [1.165, 1.54) is 42.1 Å². The van der Waals surface area contributed by atoms with E-state index in [9.17, 15) is 0 Å². The van der Waals surface area contributed by atoms with Crippen molar-refractivity contribution in [2.75, 3.05) is 19.6 Å². The molecule has 1 unspecified atom stereocenters. The lowest BCUT2D eigenvalue weighted by atomic mass is 10.1. The van der Waals surface area contributed by atoms with E-state index in [2.05, 4.69) is 35.3 Å². The van der Waals surface area contributed by atoms with Crippen molar-refractivity contribution in [3.63, 3.8) is 0 Å². The molecular formula is C17H24N2OS. The van der Waals surface area contributed by atoms with E-state index >= 15 is 0 Å². The van der Waals surface area contributed by atoms with Gasteiger partial charge in [-0.2, -0.15) is 0 Å². The number of piperidine rings is 1.